The van der Waals surface area contributed by atoms with Crippen LogP contribution in [-0.2, 0) is 4.79 Å². The van der Waals surface area contributed by atoms with Crippen LogP contribution in [0.3, 0.4) is 0 Å². The second kappa shape index (κ2) is 5.12. The maximum atomic E-state index is 12.1. The van der Waals surface area contributed by atoms with E-state index >= 15 is 0 Å². The summed E-state index contributed by atoms with van der Waals surface area (Å²) >= 11 is 0.793. The molecule has 1 amide bonds. The fraction of sp³-hybridized carbons (Fsp3) is 0.167. The number of nitrogens with one attached hydrogen (secondary N) is 1. The van der Waals surface area contributed by atoms with E-state index in [9.17, 15) is 18.0 Å². The van der Waals surface area contributed by atoms with Crippen molar-refractivity contribution in [2.24, 2.45) is 0 Å². The second-order valence-corrected chi connectivity index (χ2v) is 5.08. The number of rotatable bonds is 2. The summed E-state index contributed by atoms with van der Waals surface area (Å²) in [6.45, 7) is 1.91. The fourth-order valence-corrected chi connectivity index (χ4v) is 2.22. The first-order valence-corrected chi connectivity index (χ1v) is 6.30. The van der Waals surface area contributed by atoms with E-state index in [1.54, 1.807) is 17.4 Å². The van der Waals surface area contributed by atoms with Gasteiger partial charge in [-0.3, -0.25) is 10.1 Å². The van der Waals surface area contributed by atoms with Crippen LogP contribution in [0, 0.1) is 6.92 Å². The van der Waals surface area contributed by atoms with Crippen molar-refractivity contribution in [2.45, 2.75) is 13.1 Å². The topological polar surface area (TPSA) is 68.0 Å². The van der Waals surface area contributed by atoms with Gasteiger partial charge in [0.05, 0.1) is 0 Å². The lowest BCUT2D eigenvalue weighted by Gasteiger charge is -2.04. The normalized spacial score (nSPS) is 11.4. The number of hydrogen-bond donors (Lipinski definition) is 2. The van der Waals surface area contributed by atoms with Gasteiger partial charge in [-0.05, 0) is 6.92 Å². The SMILES string of the molecule is Cc1ccc(-c2nc(NC(=O)C(F)(F)F)sc2N)cc1. The lowest BCUT2D eigenvalue weighted by molar-refractivity contribution is -0.167. The second-order valence-electron chi connectivity index (χ2n) is 4.05. The van der Waals surface area contributed by atoms with E-state index in [1.165, 1.54) is 0 Å². The summed E-state index contributed by atoms with van der Waals surface area (Å²) in [7, 11) is 0. The Morgan fingerprint density at radius 2 is 1.90 bits per heavy atom. The van der Waals surface area contributed by atoms with Gasteiger partial charge in [0.25, 0.3) is 0 Å². The highest BCUT2D eigenvalue weighted by molar-refractivity contribution is 7.20. The van der Waals surface area contributed by atoms with E-state index in [1.807, 2.05) is 19.1 Å². The zero-order valence-corrected chi connectivity index (χ0v) is 11.1. The van der Waals surface area contributed by atoms with Crippen molar-refractivity contribution in [1.82, 2.24) is 4.98 Å². The van der Waals surface area contributed by atoms with Gasteiger partial charge in [0.2, 0.25) is 0 Å². The molecule has 1 heterocycles. The number of benzene rings is 1. The molecule has 0 unspecified atom stereocenters. The maximum absolute atomic E-state index is 12.1. The molecule has 0 atom stereocenters. The molecule has 8 heteroatoms. The van der Waals surface area contributed by atoms with Crippen LogP contribution in [0.1, 0.15) is 5.56 Å². The number of carbonyl (C=O) groups is 1. The number of alkyl halides is 3. The van der Waals surface area contributed by atoms with Crippen LogP contribution < -0.4 is 11.1 Å². The van der Waals surface area contributed by atoms with Gasteiger partial charge in [0, 0.05) is 5.56 Å². The molecule has 1 aromatic heterocycles. The van der Waals surface area contributed by atoms with E-state index in [0.717, 1.165) is 16.9 Å². The molecule has 0 aliphatic heterocycles. The van der Waals surface area contributed by atoms with Crippen LogP contribution in [0.5, 0.6) is 0 Å². The summed E-state index contributed by atoms with van der Waals surface area (Å²) < 4.78 is 36.4. The molecule has 0 bridgehead atoms. The Bertz CT molecular complexity index is 634. The van der Waals surface area contributed by atoms with Gasteiger partial charge in [-0.15, -0.1) is 0 Å². The Balaban J connectivity index is 2.26. The number of nitrogens with zero attached hydrogens (tertiary/aromatic N) is 1. The van der Waals surface area contributed by atoms with Gasteiger partial charge in [-0.2, -0.15) is 13.2 Å². The van der Waals surface area contributed by atoms with Gasteiger partial charge in [0.15, 0.2) is 5.13 Å². The predicted octanol–water partition coefficient (Wildman–Crippen LogP) is 3.20. The molecule has 106 valence electrons. The third-order valence-corrected chi connectivity index (χ3v) is 3.26. The molecule has 2 aromatic rings. The van der Waals surface area contributed by atoms with Gasteiger partial charge < -0.3 is 5.73 Å². The van der Waals surface area contributed by atoms with Gasteiger partial charge >= 0.3 is 12.1 Å². The van der Waals surface area contributed by atoms with Crippen molar-refractivity contribution in [1.29, 1.82) is 0 Å². The Kier molecular flexibility index (Phi) is 3.67. The molecule has 20 heavy (non-hydrogen) atoms. The summed E-state index contributed by atoms with van der Waals surface area (Å²) in [4.78, 5) is 14.8. The smallest absolute Gasteiger partial charge is 0.389 e. The largest absolute Gasteiger partial charge is 0.471 e. The highest BCUT2D eigenvalue weighted by atomic mass is 32.1. The zero-order valence-electron chi connectivity index (χ0n) is 10.3. The third-order valence-electron chi connectivity index (χ3n) is 2.46. The van der Waals surface area contributed by atoms with Crippen LogP contribution in [0.15, 0.2) is 24.3 Å². The van der Waals surface area contributed by atoms with E-state index < -0.39 is 12.1 Å². The minimum atomic E-state index is -4.95. The molecular formula is C12H10F3N3OS. The summed E-state index contributed by atoms with van der Waals surface area (Å²) in [5.41, 5.74) is 7.79. The van der Waals surface area contributed by atoms with Gasteiger partial charge in [-0.1, -0.05) is 41.2 Å². The Labute approximate surface area is 116 Å². The summed E-state index contributed by atoms with van der Waals surface area (Å²) in [6.07, 6.45) is -4.95. The number of aromatic nitrogens is 1. The van der Waals surface area contributed by atoms with Gasteiger partial charge in [0.1, 0.15) is 10.7 Å². The first kappa shape index (κ1) is 14.3. The maximum Gasteiger partial charge on any atom is 0.471 e. The monoisotopic (exact) mass is 301 g/mol. The lowest BCUT2D eigenvalue weighted by atomic mass is 10.1. The van der Waals surface area contributed by atoms with Gasteiger partial charge in [-0.25, -0.2) is 4.98 Å². The quantitative estimate of drug-likeness (QED) is 0.895. The summed E-state index contributed by atoms with van der Waals surface area (Å²) in [5, 5.41) is 1.75. The Morgan fingerprint density at radius 1 is 1.30 bits per heavy atom. The first-order chi connectivity index (χ1) is 9.27. The van der Waals surface area contributed by atoms with Crippen LogP contribution >= 0.6 is 11.3 Å². The number of amides is 1. The van der Waals surface area contributed by atoms with Crippen molar-refractivity contribution in [3.05, 3.63) is 29.8 Å². The number of carbonyl (C=O) groups excluding carboxylic acids is 1. The summed E-state index contributed by atoms with van der Waals surface area (Å²) in [5.74, 6) is -2.07. The molecule has 3 N–H and O–H groups in total. The number of anilines is 2. The van der Waals surface area contributed by atoms with Crippen molar-refractivity contribution >= 4 is 27.4 Å². The highest BCUT2D eigenvalue weighted by Crippen LogP contribution is 2.34. The molecule has 0 saturated carbocycles. The standard InChI is InChI=1S/C12H10F3N3OS/c1-6-2-4-7(5-3-6)8-9(16)20-11(17-8)18-10(19)12(13,14)15/h2-5H,16H2,1H3,(H,17,18,19). The molecule has 0 aliphatic carbocycles. The van der Waals surface area contributed by atoms with Crippen molar-refractivity contribution in [2.75, 3.05) is 11.1 Å². The lowest BCUT2D eigenvalue weighted by Crippen LogP contribution is -2.29. The molecule has 0 saturated heterocycles. The van der Waals surface area contributed by atoms with E-state index in [4.69, 9.17) is 5.73 Å². The van der Waals surface area contributed by atoms with E-state index in [2.05, 4.69) is 4.98 Å². The number of hydrogen-bond acceptors (Lipinski definition) is 4. The molecule has 2 rings (SSSR count). The highest BCUT2D eigenvalue weighted by Gasteiger charge is 2.39. The molecule has 0 fully saturated rings. The Hall–Kier alpha value is -2.09. The predicted molar refractivity (Wildman–Crippen MR) is 71.4 cm³/mol. The molecule has 1 aromatic carbocycles. The van der Waals surface area contributed by atoms with Crippen molar-refractivity contribution < 1.29 is 18.0 Å². The number of nitrogens with two attached hydrogens (primary N) is 1. The molecular weight excluding hydrogens is 291 g/mol. The summed E-state index contributed by atoms with van der Waals surface area (Å²) in [6, 6.07) is 7.19. The van der Waals surface area contributed by atoms with Crippen molar-refractivity contribution in [3.63, 3.8) is 0 Å². The molecule has 0 aliphatic rings. The Morgan fingerprint density at radius 3 is 2.45 bits per heavy atom. The minimum Gasteiger partial charge on any atom is -0.389 e. The van der Waals surface area contributed by atoms with Crippen LogP contribution in [0.4, 0.5) is 23.3 Å². The zero-order chi connectivity index (χ0) is 14.9. The van der Waals surface area contributed by atoms with Crippen LogP contribution in [0.2, 0.25) is 0 Å². The molecule has 4 nitrogen and oxygen atoms in total. The number of thiazole rings is 1. The van der Waals surface area contributed by atoms with Crippen LogP contribution in [-0.4, -0.2) is 17.1 Å². The molecule has 0 spiro atoms. The minimum absolute atomic E-state index is 0.180. The third kappa shape index (κ3) is 3.08. The average Bonchev–Trinajstić information content (AvgIpc) is 2.70. The van der Waals surface area contributed by atoms with E-state index in [0.29, 0.717) is 11.3 Å². The van der Waals surface area contributed by atoms with E-state index in [-0.39, 0.29) is 10.1 Å². The van der Waals surface area contributed by atoms with Crippen LogP contribution in [0.25, 0.3) is 11.3 Å². The average molecular weight is 301 g/mol. The molecule has 0 radical (unpaired) electrons. The number of halogens is 3. The first-order valence-electron chi connectivity index (χ1n) is 5.49. The number of aryl methyl sites for hydroxylation is 1. The fourth-order valence-electron chi connectivity index (χ4n) is 1.47. The van der Waals surface area contributed by atoms with Crippen molar-refractivity contribution in [3.8, 4) is 11.3 Å². The number of nitrogen functional groups attached to an aromatic ring is 1.